The van der Waals surface area contributed by atoms with Crippen molar-refractivity contribution >= 4 is 87.2 Å². The van der Waals surface area contributed by atoms with E-state index in [-0.39, 0.29) is 0 Å². The van der Waals surface area contributed by atoms with Crippen LogP contribution in [0.15, 0.2) is 497 Å². The second kappa shape index (κ2) is 34.2. The molecule has 0 aliphatic rings. The number of nitrogens with zero attached hydrogens (tertiary/aromatic N) is 10. The molecule has 20 aromatic carbocycles. The molecular formula is C126H82N10. The van der Waals surface area contributed by atoms with Crippen molar-refractivity contribution in [2.75, 3.05) is 0 Å². The maximum atomic E-state index is 5.49. The predicted octanol–water partition coefficient (Wildman–Crippen LogP) is 32.1. The molecule has 10 heteroatoms. The molecule has 10 nitrogen and oxygen atoms in total. The number of rotatable bonds is 16. The maximum Gasteiger partial charge on any atom is 0.238 e. The fourth-order valence-corrected chi connectivity index (χ4v) is 20.0. The van der Waals surface area contributed by atoms with Gasteiger partial charge in [-0.1, -0.05) is 419 Å². The van der Waals surface area contributed by atoms with Gasteiger partial charge in [-0.2, -0.15) is 19.9 Å². The summed E-state index contributed by atoms with van der Waals surface area (Å²) >= 11 is 0. The average Bonchev–Trinajstić information content (AvgIpc) is 1.54. The quantitative estimate of drug-likeness (QED) is 0.0956. The summed E-state index contributed by atoms with van der Waals surface area (Å²) in [6.45, 7) is 0. The molecule has 136 heavy (non-hydrogen) atoms. The molecule has 26 rings (SSSR count). The maximum absolute atomic E-state index is 5.49. The Balaban J connectivity index is 0.000000145. The van der Waals surface area contributed by atoms with Gasteiger partial charge in [0.1, 0.15) is 0 Å². The first-order chi connectivity index (χ1) is 67.4. The zero-order chi connectivity index (χ0) is 89.9. The molecule has 26 aromatic rings. The minimum Gasteiger partial charge on any atom is -0.307 e. The van der Waals surface area contributed by atoms with E-state index in [9.17, 15) is 0 Å². The highest BCUT2D eigenvalue weighted by Gasteiger charge is 2.29. The van der Waals surface area contributed by atoms with Crippen LogP contribution in [-0.4, -0.2) is 48.2 Å². The normalized spacial score (nSPS) is 11.5. The highest BCUT2D eigenvalue weighted by molar-refractivity contribution is 6.25. The van der Waals surface area contributed by atoms with E-state index >= 15 is 0 Å². The fraction of sp³-hybridized carbons (Fsp3) is 0. The number of para-hydroxylation sites is 4. The molecule has 0 radical (unpaired) electrons. The number of fused-ring (bicyclic) bond motifs is 14. The van der Waals surface area contributed by atoms with Crippen molar-refractivity contribution in [2.45, 2.75) is 0 Å². The average molecular weight is 1740 g/mol. The Kier molecular flexibility index (Phi) is 20.0. The van der Waals surface area contributed by atoms with Crippen molar-refractivity contribution in [1.29, 1.82) is 0 Å². The first-order valence-electron chi connectivity index (χ1n) is 46.0. The Bertz CT molecular complexity index is 8800. The van der Waals surface area contributed by atoms with Crippen LogP contribution in [0.25, 0.3) is 245 Å². The molecule has 0 spiro atoms. The third kappa shape index (κ3) is 14.4. The van der Waals surface area contributed by atoms with Crippen molar-refractivity contribution in [1.82, 2.24) is 48.2 Å². The summed E-state index contributed by atoms with van der Waals surface area (Å²) in [4.78, 5) is 32.2. The van der Waals surface area contributed by atoms with Gasteiger partial charge in [0.05, 0.1) is 44.1 Å². The van der Waals surface area contributed by atoms with Gasteiger partial charge < -0.3 is 9.13 Å². The first-order valence-corrected chi connectivity index (χ1v) is 46.0. The van der Waals surface area contributed by atoms with Gasteiger partial charge in [-0.25, -0.2) is 9.97 Å². The van der Waals surface area contributed by atoms with E-state index in [0.29, 0.717) is 35.2 Å². The van der Waals surface area contributed by atoms with Crippen molar-refractivity contribution in [3.8, 4) is 158 Å². The molecule has 0 unspecified atom stereocenters. The molecule has 0 aliphatic heterocycles. The third-order valence-corrected chi connectivity index (χ3v) is 26.3. The summed E-state index contributed by atoms with van der Waals surface area (Å²) in [5.74, 6) is 3.50. The molecule has 0 bridgehead atoms. The van der Waals surface area contributed by atoms with Gasteiger partial charge in [0.15, 0.2) is 23.3 Å². The van der Waals surface area contributed by atoms with Gasteiger partial charge in [0, 0.05) is 76.7 Å². The van der Waals surface area contributed by atoms with E-state index in [1.807, 2.05) is 48.5 Å². The molecule has 6 aromatic heterocycles. The second-order valence-corrected chi connectivity index (χ2v) is 34.4. The van der Waals surface area contributed by atoms with Crippen LogP contribution in [-0.2, 0) is 0 Å². The molecule has 0 atom stereocenters. The molecule has 0 N–H and O–H groups in total. The van der Waals surface area contributed by atoms with E-state index in [0.717, 1.165) is 188 Å². The van der Waals surface area contributed by atoms with Gasteiger partial charge >= 0.3 is 0 Å². The van der Waals surface area contributed by atoms with Gasteiger partial charge in [-0.15, -0.1) is 0 Å². The minimum atomic E-state index is 0.545. The predicted molar refractivity (Wildman–Crippen MR) is 562 cm³/mol. The summed E-state index contributed by atoms with van der Waals surface area (Å²) in [5, 5.41) is 9.07. The van der Waals surface area contributed by atoms with Crippen LogP contribution in [0.1, 0.15) is 0 Å². The lowest BCUT2D eigenvalue weighted by Gasteiger charge is -2.16. The lowest BCUT2D eigenvalue weighted by atomic mass is 9.95. The Morgan fingerprint density at radius 3 is 0.699 bits per heavy atom. The van der Waals surface area contributed by atoms with Crippen LogP contribution in [0, 0.1) is 0 Å². The topological polar surface area (TPSA) is 97.1 Å². The SMILES string of the molecule is c1ccc(-c2cccc(-c3cc(-c4ccccc4)cc(-n4c5ccccc5c5ccc6c7ccccc7n(-c7nc(-c8ccccc8)nc(-c8cccc(-c9ccccc9)c8)n7)c6c54)c3)c2)cc1.c1ccc(-c2cccc(-c3cc(-c4ccccc4)cc(-n4c5ccccc5c5ccc6c7ccccc7n(-c7nc(-c8ccccc8)nc(-c8ccccc8-c8ccccc8)n7)c6c54)c3)c2)cc1. The van der Waals surface area contributed by atoms with Gasteiger partial charge in [0.25, 0.3) is 0 Å². The summed E-state index contributed by atoms with van der Waals surface area (Å²) in [6.07, 6.45) is 0. The fourth-order valence-electron chi connectivity index (χ4n) is 20.0. The van der Waals surface area contributed by atoms with Gasteiger partial charge in [-0.3, -0.25) is 9.13 Å². The highest BCUT2D eigenvalue weighted by Crippen LogP contribution is 2.48. The monoisotopic (exact) mass is 1730 g/mol. The van der Waals surface area contributed by atoms with E-state index in [4.69, 9.17) is 29.9 Å². The van der Waals surface area contributed by atoms with Crippen molar-refractivity contribution < 1.29 is 0 Å². The Morgan fingerprint density at radius 2 is 0.346 bits per heavy atom. The molecule has 6 heterocycles. The smallest absolute Gasteiger partial charge is 0.238 e. The zero-order valence-corrected chi connectivity index (χ0v) is 73.8. The van der Waals surface area contributed by atoms with Crippen molar-refractivity contribution in [2.24, 2.45) is 0 Å². The molecular weight excluding hydrogens is 1650 g/mol. The molecule has 0 fully saturated rings. The molecule has 0 aliphatic carbocycles. The Hall–Kier alpha value is -18.4. The molecule has 636 valence electrons. The number of hydrogen-bond donors (Lipinski definition) is 0. The van der Waals surface area contributed by atoms with E-state index in [1.54, 1.807) is 0 Å². The summed E-state index contributed by atoms with van der Waals surface area (Å²) in [6, 6.07) is 177. The Labute approximate surface area is 785 Å². The van der Waals surface area contributed by atoms with Crippen LogP contribution >= 0.6 is 0 Å². The van der Waals surface area contributed by atoms with E-state index in [2.05, 4.69) is 467 Å². The third-order valence-electron chi connectivity index (χ3n) is 26.3. The van der Waals surface area contributed by atoms with Crippen LogP contribution in [0.4, 0.5) is 0 Å². The number of hydrogen-bond acceptors (Lipinski definition) is 6. The number of benzene rings is 20. The van der Waals surface area contributed by atoms with Crippen LogP contribution < -0.4 is 0 Å². The zero-order valence-electron chi connectivity index (χ0n) is 73.8. The van der Waals surface area contributed by atoms with Crippen molar-refractivity contribution in [3.63, 3.8) is 0 Å². The minimum absolute atomic E-state index is 0.545. The Morgan fingerprint density at radius 1 is 0.125 bits per heavy atom. The molecule has 0 amide bonds. The summed E-state index contributed by atoms with van der Waals surface area (Å²) in [5.41, 5.74) is 32.4. The second-order valence-electron chi connectivity index (χ2n) is 34.4. The van der Waals surface area contributed by atoms with Crippen LogP contribution in [0.5, 0.6) is 0 Å². The lowest BCUT2D eigenvalue weighted by Crippen LogP contribution is -2.07. The number of aromatic nitrogens is 10. The van der Waals surface area contributed by atoms with Crippen LogP contribution in [0.2, 0.25) is 0 Å². The van der Waals surface area contributed by atoms with E-state index < -0.39 is 0 Å². The van der Waals surface area contributed by atoms with Crippen LogP contribution in [0.3, 0.4) is 0 Å². The summed E-state index contributed by atoms with van der Waals surface area (Å²) < 4.78 is 9.47. The standard InChI is InChI=1S/2C63H41N5/c1-5-19-42(20-6-1)46-27-17-29-48(37-46)51-39-50(44-23-9-3-10-24-44)40-52(41-51)67-57-33-15-13-31-53(57)55-35-36-56-54-32-14-16-34-58(54)68(60(56)59(55)67)63-65-61(45-25-11-4-12-26-45)64-62(66-63)49-30-18-28-47(38-49)43-21-7-2-8-22-43;1-5-20-42(21-6-1)46-28-19-29-47(38-46)49-39-48(43-22-7-2-8-23-43)40-50(41-49)67-57-34-17-15-31-52(57)54-36-37-55-53-32-16-18-35-58(53)68(60(55)59(54)67)63-65-61(45-26-11-4-12-27-45)64-62(66-63)56-33-14-13-30-51(56)44-24-9-3-10-25-44/h2*1-41H. The lowest BCUT2D eigenvalue weighted by molar-refractivity contribution is 0.953. The molecule has 0 saturated carbocycles. The van der Waals surface area contributed by atoms with Crippen molar-refractivity contribution in [3.05, 3.63) is 497 Å². The largest absolute Gasteiger partial charge is 0.307 e. The van der Waals surface area contributed by atoms with Gasteiger partial charge in [-0.05, 0) is 168 Å². The van der Waals surface area contributed by atoms with Gasteiger partial charge in [0.2, 0.25) is 11.9 Å². The highest BCUT2D eigenvalue weighted by atomic mass is 15.2. The van der Waals surface area contributed by atoms with E-state index in [1.165, 1.54) is 22.3 Å². The summed E-state index contributed by atoms with van der Waals surface area (Å²) in [7, 11) is 0. The first kappa shape index (κ1) is 79.8. The molecule has 0 saturated heterocycles.